The van der Waals surface area contributed by atoms with Gasteiger partial charge >= 0.3 is 0 Å². The zero-order valence-corrected chi connectivity index (χ0v) is 13.7. The van der Waals surface area contributed by atoms with E-state index >= 15 is 0 Å². The molecule has 0 fully saturated rings. The third-order valence-electron chi connectivity index (χ3n) is 3.88. The minimum absolute atomic E-state index is 0.707. The van der Waals surface area contributed by atoms with Crippen molar-refractivity contribution in [1.82, 2.24) is 9.55 Å². The van der Waals surface area contributed by atoms with Gasteiger partial charge in [0.05, 0.1) is 11.0 Å². The maximum absolute atomic E-state index is 6.20. The highest BCUT2D eigenvalue weighted by Crippen LogP contribution is 2.25. The lowest BCUT2D eigenvalue weighted by Gasteiger charge is -2.07. The van der Waals surface area contributed by atoms with Gasteiger partial charge in [-0.3, -0.25) is 4.57 Å². The summed E-state index contributed by atoms with van der Waals surface area (Å²) in [6, 6.07) is 26.2. The molecule has 2 nitrogen and oxygen atoms in total. The van der Waals surface area contributed by atoms with Crippen molar-refractivity contribution in [2.75, 3.05) is 0 Å². The van der Waals surface area contributed by atoms with Crippen LogP contribution in [0.1, 0.15) is 11.4 Å². The smallest absolute Gasteiger partial charge is 0.138 e. The fourth-order valence-electron chi connectivity index (χ4n) is 2.76. The van der Waals surface area contributed by atoms with Crippen molar-refractivity contribution < 1.29 is 0 Å². The molecule has 0 aliphatic heterocycles. The van der Waals surface area contributed by atoms with Gasteiger partial charge in [-0.05, 0) is 42.0 Å². The summed E-state index contributed by atoms with van der Waals surface area (Å²) in [6.45, 7) is 0. The molecule has 0 amide bonds. The molecule has 1 aromatic heterocycles. The second kappa shape index (κ2) is 6.34. The molecule has 1 heterocycles. The maximum atomic E-state index is 6.20. The summed E-state index contributed by atoms with van der Waals surface area (Å²) in [6.07, 6.45) is 4.11. The summed E-state index contributed by atoms with van der Waals surface area (Å²) in [7, 11) is 0. The van der Waals surface area contributed by atoms with Gasteiger partial charge in [0.1, 0.15) is 5.82 Å². The fraction of sp³-hybridized carbons (Fsp3) is 0. The van der Waals surface area contributed by atoms with Crippen LogP contribution in [-0.4, -0.2) is 9.55 Å². The quantitative estimate of drug-likeness (QED) is 0.460. The van der Waals surface area contributed by atoms with E-state index in [9.17, 15) is 0 Å². The third kappa shape index (κ3) is 2.84. The monoisotopic (exact) mass is 330 g/mol. The van der Waals surface area contributed by atoms with Crippen LogP contribution in [0.4, 0.5) is 0 Å². The Morgan fingerprint density at radius 1 is 0.792 bits per heavy atom. The molecular weight excluding hydrogens is 316 g/mol. The first-order valence-electron chi connectivity index (χ1n) is 7.78. The number of nitrogens with zero attached hydrogens (tertiary/aromatic N) is 2. The van der Waals surface area contributed by atoms with E-state index in [0.717, 1.165) is 28.1 Å². The highest BCUT2D eigenvalue weighted by molar-refractivity contribution is 6.31. The molecule has 4 aromatic rings. The number of halogens is 1. The number of fused-ring (bicyclic) bond motifs is 1. The van der Waals surface area contributed by atoms with Gasteiger partial charge in [0.2, 0.25) is 0 Å². The van der Waals surface area contributed by atoms with Gasteiger partial charge in [-0.15, -0.1) is 0 Å². The summed E-state index contributed by atoms with van der Waals surface area (Å²) < 4.78 is 2.13. The summed E-state index contributed by atoms with van der Waals surface area (Å²) in [4.78, 5) is 4.76. The molecule has 4 rings (SSSR count). The number of aromatic nitrogens is 2. The lowest BCUT2D eigenvalue weighted by molar-refractivity contribution is 1.07. The van der Waals surface area contributed by atoms with Crippen molar-refractivity contribution in [2.24, 2.45) is 0 Å². The number of imidazole rings is 1. The lowest BCUT2D eigenvalue weighted by Crippen LogP contribution is -1.96. The Kier molecular flexibility index (Phi) is 3.89. The predicted molar refractivity (Wildman–Crippen MR) is 101 cm³/mol. The first kappa shape index (κ1) is 14.7. The minimum atomic E-state index is 0.707. The van der Waals surface area contributed by atoms with E-state index in [1.165, 1.54) is 0 Å². The van der Waals surface area contributed by atoms with E-state index in [0.29, 0.717) is 5.02 Å². The molecule has 0 spiro atoms. The zero-order valence-electron chi connectivity index (χ0n) is 12.9. The topological polar surface area (TPSA) is 17.8 Å². The van der Waals surface area contributed by atoms with Crippen molar-refractivity contribution in [3.05, 3.63) is 95.3 Å². The first-order valence-corrected chi connectivity index (χ1v) is 8.16. The molecule has 0 saturated carbocycles. The molecule has 0 radical (unpaired) electrons. The number of rotatable bonds is 3. The van der Waals surface area contributed by atoms with E-state index in [1.54, 1.807) is 0 Å². The molecule has 0 N–H and O–H groups in total. The van der Waals surface area contributed by atoms with Crippen LogP contribution in [0.3, 0.4) is 0 Å². The van der Waals surface area contributed by atoms with Crippen molar-refractivity contribution in [1.29, 1.82) is 0 Å². The highest BCUT2D eigenvalue weighted by atomic mass is 35.5. The summed E-state index contributed by atoms with van der Waals surface area (Å²) in [5.74, 6) is 0.877. The van der Waals surface area contributed by atoms with Gasteiger partial charge in [-0.25, -0.2) is 4.98 Å². The maximum Gasteiger partial charge on any atom is 0.138 e. The fourth-order valence-corrected chi connectivity index (χ4v) is 2.93. The molecule has 24 heavy (non-hydrogen) atoms. The predicted octanol–water partition coefficient (Wildman–Crippen LogP) is 5.85. The normalized spacial score (nSPS) is 11.4. The van der Waals surface area contributed by atoms with Crippen LogP contribution in [0, 0.1) is 0 Å². The zero-order chi connectivity index (χ0) is 16.4. The van der Waals surface area contributed by atoms with Crippen LogP contribution in [0.5, 0.6) is 0 Å². The number of benzene rings is 3. The van der Waals surface area contributed by atoms with E-state index in [2.05, 4.69) is 34.9 Å². The largest absolute Gasteiger partial charge is 0.293 e. The minimum Gasteiger partial charge on any atom is -0.293 e. The lowest BCUT2D eigenvalue weighted by atomic mass is 10.2. The Morgan fingerprint density at radius 2 is 1.50 bits per heavy atom. The van der Waals surface area contributed by atoms with Crippen LogP contribution in [-0.2, 0) is 0 Å². The van der Waals surface area contributed by atoms with Crippen LogP contribution in [0.2, 0.25) is 5.02 Å². The van der Waals surface area contributed by atoms with Crippen molar-refractivity contribution >= 4 is 34.8 Å². The van der Waals surface area contributed by atoms with Crippen LogP contribution in [0.25, 0.3) is 28.9 Å². The number of hydrogen-bond donors (Lipinski definition) is 0. The summed E-state index contributed by atoms with van der Waals surface area (Å²) >= 11 is 6.20. The Bertz CT molecular complexity index is 1000. The van der Waals surface area contributed by atoms with Crippen molar-refractivity contribution in [2.45, 2.75) is 0 Å². The van der Waals surface area contributed by atoms with E-state index in [4.69, 9.17) is 16.6 Å². The van der Waals surface area contributed by atoms with Gasteiger partial charge in [-0.1, -0.05) is 66.2 Å². The molecule has 0 bridgehead atoms. The van der Waals surface area contributed by atoms with Crippen molar-refractivity contribution in [3.63, 3.8) is 0 Å². The third-order valence-corrected chi connectivity index (χ3v) is 4.12. The Morgan fingerprint density at radius 3 is 2.25 bits per heavy atom. The standard InChI is InChI=1S/C21H15ClN2/c22-17-12-13-19-20(15-17)24(18-9-5-2-6-10-18)21(23-19)14-11-16-7-3-1-4-8-16/h1-15H. The van der Waals surface area contributed by atoms with Crippen LogP contribution >= 0.6 is 11.6 Å². The van der Waals surface area contributed by atoms with Gasteiger partial charge in [-0.2, -0.15) is 0 Å². The van der Waals surface area contributed by atoms with Crippen LogP contribution in [0.15, 0.2) is 78.9 Å². The van der Waals surface area contributed by atoms with E-state index in [1.807, 2.05) is 60.7 Å². The second-order valence-electron chi connectivity index (χ2n) is 5.52. The summed E-state index contributed by atoms with van der Waals surface area (Å²) in [5, 5.41) is 0.707. The first-order chi connectivity index (χ1) is 11.8. The highest BCUT2D eigenvalue weighted by Gasteiger charge is 2.10. The van der Waals surface area contributed by atoms with Gasteiger partial charge < -0.3 is 0 Å². The van der Waals surface area contributed by atoms with Gasteiger partial charge in [0.15, 0.2) is 0 Å². The number of para-hydroxylation sites is 1. The molecule has 0 unspecified atom stereocenters. The van der Waals surface area contributed by atoms with E-state index in [-0.39, 0.29) is 0 Å². The Balaban J connectivity index is 1.90. The van der Waals surface area contributed by atoms with Crippen molar-refractivity contribution in [3.8, 4) is 5.69 Å². The SMILES string of the molecule is Clc1ccc2nc(C=Cc3ccccc3)n(-c3ccccc3)c2c1. The Labute approximate surface area is 145 Å². The molecule has 3 heteroatoms. The Hall–Kier alpha value is -2.84. The molecule has 116 valence electrons. The molecule has 0 saturated heterocycles. The average molecular weight is 331 g/mol. The molecule has 0 atom stereocenters. The molecule has 0 aliphatic carbocycles. The second-order valence-corrected chi connectivity index (χ2v) is 5.95. The molecule has 3 aromatic carbocycles. The number of hydrogen-bond acceptors (Lipinski definition) is 1. The average Bonchev–Trinajstić information content (AvgIpc) is 2.99. The van der Waals surface area contributed by atoms with Crippen LogP contribution < -0.4 is 0 Å². The summed E-state index contributed by atoms with van der Waals surface area (Å²) in [5.41, 5.74) is 4.13. The van der Waals surface area contributed by atoms with Gasteiger partial charge in [0, 0.05) is 10.7 Å². The van der Waals surface area contributed by atoms with Gasteiger partial charge in [0.25, 0.3) is 0 Å². The molecule has 0 aliphatic rings. The van der Waals surface area contributed by atoms with E-state index < -0.39 is 0 Å². The molecular formula is C21H15ClN2.